The monoisotopic (exact) mass is 311 g/mol. The minimum atomic E-state index is -4.42. The number of benzene rings is 1. The van der Waals surface area contributed by atoms with Gasteiger partial charge in [-0.25, -0.2) is 0 Å². The van der Waals surface area contributed by atoms with E-state index in [2.05, 4.69) is 5.10 Å². The molecule has 1 aliphatic heterocycles. The Morgan fingerprint density at radius 2 is 1.86 bits per heavy atom. The van der Waals surface area contributed by atoms with E-state index in [1.54, 1.807) is 17.1 Å². The molecule has 2 aromatic rings. The summed E-state index contributed by atoms with van der Waals surface area (Å²) < 4.78 is 45.7. The molecule has 0 saturated carbocycles. The molecule has 1 aromatic carbocycles. The minimum absolute atomic E-state index is 0.0867. The summed E-state index contributed by atoms with van der Waals surface area (Å²) in [6.45, 7) is 1.35. The quantitative estimate of drug-likeness (QED) is 0.864. The molecule has 0 radical (unpaired) electrons. The van der Waals surface area contributed by atoms with Crippen molar-refractivity contribution in [1.82, 2.24) is 9.78 Å². The van der Waals surface area contributed by atoms with Crippen molar-refractivity contribution in [2.24, 2.45) is 0 Å². The van der Waals surface area contributed by atoms with Crippen LogP contribution in [0.2, 0.25) is 0 Å². The molecule has 0 aliphatic carbocycles. The van der Waals surface area contributed by atoms with Gasteiger partial charge in [0.25, 0.3) is 0 Å². The zero-order valence-electron chi connectivity index (χ0n) is 11.8. The standard InChI is InChI=1S/C15H16F3N3O/c16-15(17,18)12-5-10(6-13(19)7-12)11-8-20-21(9-11)14-1-3-22-4-2-14/h5-9,14H,1-4,19H2. The van der Waals surface area contributed by atoms with Crippen molar-refractivity contribution in [1.29, 1.82) is 0 Å². The third kappa shape index (κ3) is 3.09. The molecular formula is C15H16F3N3O. The number of rotatable bonds is 2. The summed E-state index contributed by atoms with van der Waals surface area (Å²) in [5, 5.41) is 4.28. The Morgan fingerprint density at radius 1 is 1.14 bits per heavy atom. The molecule has 1 aliphatic rings. The second kappa shape index (κ2) is 5.64. The second-order valence-corrected chi connectivity index (χ2v) is 5.39. The summed E-state index contributed by atoms with van der Waals surface area (Å²) in [6.07, 6.45) is 0.633. The maximum atomic E-state index is 12.9. The summed E-state index contributed by atoms with van der Waals surface area (Å²) in [5.41, 5.74) is 5.99. The zero-order chi connectivity index (χ0) is 15.7. The van der Waals surface area contributed by atoms with Crippen LogP contribution in [0, 0.1) is 0 Å². The van der Waals surface area contributed by atoms with Gasteiger partial charge in [0, 0.05) is 30.7 Å². The first kappa shape index (κ1) is 14.9. The number of alkyl halides is 3. The Balaban J connectivity index is 1.91. The summed E-state index contributed by atoms with van der Waals surface area (Å²) >= 11 is 0. The van der Waals surface area contributed by atoms with E-state index in [0.29, 0.717) is 24.3 Å². The van der Waals surface area contributed by atoms with E-state index in [4.69, 9.17) is 10.5 Å². The molecule has 1 saturated heterocycles. The van der Waals surface area contributed by atoms with Crippen LogP contribution in [0.5, 0.6) is 0 Å². The van der Waals surface area contributed by atoms with Gasteiger partial charge in [-0.1, -0.05) is 0 Å². The first-order valence-electron chi connectivity index (χ1n) is 7.03. The predicted molar refractivity (Wildman–Crippen MR) is 76.2 cm³/mol. The van der Waals surface area contributed by atoms with Crippen LogP contribution < -0.4 is 5.73 Å². The van der Waals surface area contributed by atoms with Gasteiger partial charge in [0.2, 0.25) is 0 Å². The van der Waals surface area contributed by atoms with Crippen LogP contribution >= 0.6 is 0 Å². The van der Waals surface area contributed by atoms with Crippen LogP contribution in [0.15, 0.2) is 30.6 Å². The predicted octanol–water partition coefficient (Wildman–Crippen LogP) is 3.50. The van der Waals surface area contributed by atoms with Crippen molar-refractivity contribution in [3.05, 3.63) is 36.2 Å². The van der Waals surface area contributed by atoms with E-state index in [1.165, 1.54) is 6.07 Å². The Hall–Kier alpha value is -2.02. The third-order valence-corrected chi connectivity index (χ3v) is 3.78. The first-order valence-corrected chi connectivity index (χ1v) is 7.03. The molecule has 0 bridgehead atoms. The lowest BCUT2D eigenvalue weighted by Gasteiger charge is -2.22. The van der Waals surface area contributed by atoms with Gasteiger partial charge < -0.3 is 10.5 Å². The number of halogens is 3. The van der Waals surface area contributed by atoms with Crippen LogP contribution in [0.1, 0.15) is 24.4 Å². The van der Waals surface area contributed by atoms with Gasteiger partial charge >= 0.3 is 6.18 Å². The lowest BCUT2D eigenvalue weighted by atomic mass is 10.0. The maximum Gasteiger partial charge on any atom is 0.416 e. The first-order chi connectivity index (χ1) is 10.4. The molecule has 0 amide bonds. The van der Waals surface area contributed by atoms with E-state index in [1.807, 2.05) is 0 Å². The molecule has 3 rings (SSSR count). The summed E-state index contributed by atoms with van der Waals surface area (Å²) in [7, 11) is 0. The fourth-order valence-electron chi connectivity index (χ4n) is 2.62. The third-order valence-electron chi connectivity index (χ3n) is 3.78. The summed E-state index contributed by atoms with van der Waals surface area (Å²) in [4.78, 5) is 0. The molecule has 2 heterocycles. The van der Waals surface area contributed by atoms with Gasteiger partial charge in [-0.15, -0.1) is 0 Å². The number of aromatic nitrogens is 2. The molecule has 2 N–H and O–H groups in total. The average Bonchev–Trinajstić information content (AvgIpc) is 2.96. The van der Waals surface area contributed by atoms with Gasteiger partial charge in [-0.05, 0) is 36.6 Å². The molecule has 22 heavy (non-hydrogen) atoms. The Bertz CT molecular complexity index is 660. The number of nitrogen functional groups attached to an aromatic ring is 1. The number of nitrogens with two attached hydrogens (primary N) is 1. The smallest absolute Gasteiger partial charge is 0.399 e. The van der Waals surface area contributed by atoms with Crippen molar-refractivity contribution in [3.8, 4) is 11.1 Å². The van der Waals surface area contributed by atoms with Crippen molar-refractivity contribution in [2.45, 2.75) is 25.1 Å². The number of hydrogen-bond donors (Lipinski definition) is 1. The average molecular weight is 311 g/mol. The number of hydrogen-bond acceptors (Lipinski definition) is 3. The Kier molecular flexibility index (Phi) is 3.82. The molecule has 0 atom stereocenters. The summed E-state index contributed by atoms with van der Waals surface area (Å²) in [5.74, 6) is 0. The lowest BCUT2D eigenvalue weighted by molar-refractivity contribution is -0.137. The van der Waals surface area contributed by atoms with E-state index < -0.39 is 11.7 Å². The van der Waals surface area contributed by atoms with E-state index in [-0.39, 0.29) is 11.7 Å². The Labute approximate surface area is 125 Å². The summed E-state index contributed by atoms with van der Waals surface area (Å²) in [6, 6.07) is 3.79. The van der Waals surface area contributed by atoms with Crippen LogP contribution in [-0.2, 0) is 10.9 Å². The van der Waals surface area contributed by atoms with Crippen molar-refractivity contribution < 1.29 is 17.9 Å². The molecular weight excluding hydrogens is 295 g/mol. The zero-order valence-corrected chi connectivity index (χ0v) is 11.8. The second-order valence-electron chi connectivity index (χ2n) is 5.39. The maximum absolute atomic E-state index is 12.9. The van der Waals surface area contributed by atoms with Gasteiger partial charge in [-0.2, -0.15) is 18.3 Å². The highest BCUT2D eigenvalue weighted by Crippen LogP contribution is 2.34. The van der Waals surface area contributed by atoms with Gasteiger partial charge in [0.15, 0.2) is 0 Å². The van der Waals surface area contributed by atoms with Gasteiger partial charge in [-0.3, -0.25) is 4.68 Å². The highest BCUT2D eigenvalue weighted by atomic mass is 19.4. The largest absolute Gasteiger partial charge is 0.416 e. The van der Waals surface area contributed by atoms with Crippen LogP contribution in [0.4, 0.5) is 18.9 Å². The minimum Gasteiger partial charge on any atom is -0.399 e. The van der Waals surface area contributed by atoms with Crippen LogP contribution in [-0.4, -0.2) is 23.0 Å². The van der Waals surface area contributed by atoms with E-state index in [0.717, 1.165) is 25.0 Å². The Morgan fingerprint density at radius 3 is 2.55 bits per heavy atom. The molecule has 118 valence electrons. The van der Waals surface area contributed by atoms with Crippen LogP contribution in [0.3, 0.4) is 0 Å². The molecule has 4 nitrogen and oxygen atoms in total. The van der Waals surface area contributed by atoms with Crippen molar-refractivity contribution in [2.75, 3.05) is 18.9 Å². The highest BCUT2D eigenvalue weighted by Gasteiger charge is 2.31. The number of ether oxygens (including phenoxy) is 1. The fourth-order valence-corrected chi connectivity index (χ4v) is 2.62. The van der Waals surface area contributed by atoms with Crippen LogP contribution in [0.25, 0.3) is 11.1 Å². The fraction of sp³-hybridized carbons (Fsp3) is 0.400. The topological polar surface area (TPSA) is 53.1 Å². The molecule has 0 spiro atoms. The SMILES string of the molecule is Nc1cc(-c2cnn(C3CCOCC3)c2)cc(C(F)(F)F)c1. The molecule has 0 unspecified atom stereocenters. The van der Waals surface area contributed by atoms with Crippen molar-refractivity contribution in [3.63, 3.8) is 0 Å². The molecule has 7 heteroatoms. The van der Waals surface area contributed by atoms with E-state index in [9.17, 15) is 13.2 Å². The molecule has 1 aromatic heterocycles. The highest BCUT2D eigenvalue weighted by molar-refractivity contribution is 5.67. The number of anilines is 1. The molecule has 1 fully saturated rings. The number of nitrogens with zero attached hydrogens (tertiary/aromatic N) is 2. The van der Waals surface area contributed by atoms with Gasteiger partial charge in [0.1, 0.15) is 0 Å². The van der Waals surface area contributed by atoms with Crippen molar-refractivity contribution >= 4 is 5.69 Å². The normalized spacial score (nSPS) is 16.9. The van der Waals surface area contributed by atoms with E-state index >= 15 is 0 Å². The lowest BCUT2D eigenvalue weighted by Crippen LogP contribution is -2.19. The van der Waals surface area contributed by atoms with Gasteiger partial charge in [0.05, 0.1) is 17.8 Å².